The third-order valence-corrected chi connectivity index (χ3v) is 4.23. The van der Waals surface area contributed by atoms with E-state index >= 15 is 0 Å². The van der Waals surface area contributed by atoms with Crippen molar-refractivity contribution in [3.63, 3.8) is 0 Å². The van der Waals surface area contributed by atoms with Crippen LogP contribution in [0.3, 0.4) is 0 Å². The molecule has 30 heavy (non-hydrogen) atoms. The summed E-state index contributed by atoms with van der Waals surface area (Å²) in [6.07, 6.45) is -2.00. The van der Waals surface area contributed by atoms with Crippen molar-refractivity contribution in [2.45, 2.75) is 12.6 Å². The summed E-state index contributed by atoms with van der Waals surface area (Å²) in [6.45, 7) is 0.315. The van der Waals surface area contributed by atoms with Crippen LogP contribution in [0, 0.1) is 5.82 Å². The third-order valence-electron chi connectivity index (χ3n) is 3.96. The molecule has 0 unspecified atom stereocenters. The highest BCUT2D eigenvalue weighted by atomic mass is 35.5. The van der Waals surface area contributed by atoms with Gasteiger partial charge in [-0.05, 0) is 24.1 Å². The summed E-state index contributed by atoms with van der Waals surface area (Å²) in [7, 11) is 1.42. The molecular formula is C19H15ClF4N4O2. The summed E-state index contributed by atoms with van der Waals surface area (Å²) in [5.41, 5.74) is -0.540. The molecule has 3 rings (SSSR count). The summed E-state index contributed by atoms with van der Waals surface area (Å²) in [5, 5.41) is 3.12. The maximum atomic E-state index is 14.4. The Balaban J connectivity index is 1.64. The SMILES string of the molecule is COc1c(Cl)ncnc1NCCc1ccc(Oc2cc(C(F)(F)F)ccn2)cc1F. The van der Waals surface area contributed by atoms with Gasteiger partial charge >= 0.3 is 6.18 Å². The van der Waals surface area contributed by atoms with Crippen molar-refractivity contribution in [3.05, 3.63) is 65.0 Å². The molecule has 6 nitrogen and oxygen atoms in total. The normalized spacial score (nSPS) is 11.3. The van der Waals surface area contributed by atoms with Crippen molar-refractivity contribution in [1.29, 1.82) is 0 Å². The molecule has 0 amide bonds. The third kappa shape index (κ3) is 5.26. The fourth-order valence-electron chi connectivity index (χ4n) is 2.53. The first-order valence-electron chi connectivity index (χ1n) is 8.56. The van der Waals surface area contributed by atoms with Crippen molar-refractivity contribution in [2.24, 2.45) is 0 Å². The maximum absolute atomic E-state index is 14.4. The van der Waals surface area contributed by atoms with Crippen LogP contribution in [0.1, 0.15) is 11.1 Å². The van der Waals surface area contributed by atoms with Crippen LogP contribution < -0.4 is 14.8 Å². The zero-order chi connectivity index (χ0) is 21.7. The van der Waals surface area contributed by atoms with E-state index < -0.39 is 17.6 Å². The van der Waals surface area contributed by atoms with Crippen LogP contribution in [0.2, 0.25) is 5.15 Å². The molecule has 0 fully saturated rings. The van der Waals surface area contributed by atoms with E-state index in [9.17, 15) is 17.6 Å². The van der Waals surface area contributed by atoms with E-state index in [0.717, 1.165) is 24.4 Å². The van der Waals surface area contributed by atoms with Gasteiger partial charge in [0.2, 0.25) is 5.88 Å². The van der Waals surface area contributed by atoms with Gasteiger partial charge in [-0.15, -0.1) is 0 Å². The van der Waals surface area contributed by atoms with Crippen molar-refractivity contribution in [3.8, 4) is 17.4 Å². The van der Waals surface area contributed by atoms with Gasteiger partial charge in [0.25, 0.3) is 0 Å². The number of nitrogens with one attached hydrogen (secondary N) is 1. The lowest BCUT2D eigenvalue weighted by Crippen LogP contribution is -2.09. The van der Waals surface area contributed by atoms with Crippen LogP contribution in [0.4, 0.5) is 23.4 Å². The number of hydrogen-bond acceptors (Lipinski definition) is 6. The Kier molecular flexibility index (Phi) is 6.56. The topological polar surface area (TPSA) is 69.2 Å². The minimum absolute atomic E-state index is 0.0280. The quantitative estimate of drug-likeness (QED) is 0.403. The predicted octanol–water partition coefficient (Wildman–Crippen LogP) is 5.14. The molecule has 0 aliphatic rings. The summed E-state index contributed by atoms with van der Waals surface area (Å²) in [6, 6.07) is 5.57. The van der Waals surface area contributed by atoms with E-state index in [2.05, 4.69) is 20.3 Å². The standard InChI is InChI=1S/C19H15ClF4N4O2/c1-29-16-17(20)27-10-28-18(16)26-6-4-11-2-3-13(9-14(11)21)30-15-8-12(5-7-25-15)19(22,23)24/h2-3,5,7-10H,4,6H2,1H3,(H,26,27,28). The molecule has 0 aliphatic heterocycles. The van der Waals surface area contributed by atoms with Gasteiger partial charge < -0.3 is 14.8 Å². The molecule has 0 spiro atoms. The molecule has 2 aromatic heterocycles. The fourth-order valence-corrected chi connectivity index (χ4v) is 2.74. The van der Waals surface area contributed by atoms with E-state index in [1.807, 2.05) is 0 Å². The fraction of sp³-hybridized carbons (Fsp3) is 0.211. The Labute approximate surface area is 173 Å². The molecule has 0 radical (unpaired) electrons. The van der Waals surface area contributed by atoms with Crippen LogP contribution in [0.15, 0.2) is 42.9 Å². The molecule has 11 heteroatoms. The van der Waals surface area contributed by atoms with Crippen molar-refractivity contribution >= 4 is 17.4 Å². The van der Waals surface area contributed by atoms with E-state index in [-0.39, 0.29) is 22.5 Å². The van der Waals surface area contributed by atoms with Crippen LogP contribution in [-0.2, 0) is 12.6 Å². The van der Waals surface area contributed by atoms with Crippen molar-refractivity contribution in [2.75, 3.05) is 19.0 Å². The van der Waals surface area contributed by atoms with Gasteiger partial charge in [-0.2, -0.15) is 13.2 Å². The lowest BCUT2D eigenvalue weighted by Gasteiger charge is -2.12. The summed E-state index contributed by atoms with van der Waals surface area (Å²) in [4.78, 5) is 11.5. The highest BCUT2D eigenvalue weighted by Gasteiger charge is 2.31. The zero-order valence-corrected chi connectivity index (χ0v) is 16.3. The van der Waals surface area contributed by atoms with Gasteiger partial charge in [0.05, 0.1) is 12.7 Å². The lowest BCUT2D eigenvalue weighted by atomic mass is 10.1. The highest BCUT2D eigenvalue weighted by Crippen LogP contribution is 2.32. The number of alkyl halides is 3. The van der Waals surface area contributed by atoms with E-state index in [1.54, 1.807) is 0 Å². The van der Waals surface area contributed by atoms with Gasteiger partial charge in [0, 0.05) is 24.9 Å². The van der Waals surface area contributed by atoms with E-state index in [1.165, 1.54) is 25.6 Å². The summed E-state index contributed by atoms with van der Waals surface area (Å²) in [5.74, 6) is -0.189. The first kappa shape index (κ1) is 21.6. The molecule has 2 heterocycles. The smallest absolute Gasteiger partial charge is 0.416 e. The maximum Gasteiger partial charge on any atom is 0.416 e. The average Bonchev–Trinajstić information content (AvgIpc) is 2.69. The molecule has 0 aliphatic carbocycles. The van der Waals surface area contributed by atoms with Gasteiger partial charge in [0.15, 0.2) is 16.7 Å². The number of methoxy groups -OCH3 is 1. The predicted molar refractivity (Wildman–Crippen MR) is 102 cm³/mol. The Hall–Kier alpha value is -3.14. The Morgan fingerprint density at radius 3 is 2.60 bits per heavy atom. The molecule has 3 aromatic rings. The summed E-state index contributed by atoms with van der Waals surface area (Å²) < 4.78 is 63.0. The molecule has 1 N–H and O–H groups in total. The largest absolute Gasteiger partial charge is 0.490 e. The van der Waals surface area contributed by atoms with Crippen molar-refractivity contribution < 1.29 is 27.0 Å². The monoisotopic (exact) mass is 442 g/mol. The first-order valence-corrected chi connectivity index (χ1v) is 8.93. The second-order valence-corrected chi connectivity index (χ2v) is 6.32. The number of benzene rings is 1. The number of aromatic nitrogens is 3. The second-order valence-electron chi connectivity index (χ2n) is 5.96. The zero-order valence-electron chi connectivity index (χ0n) is 15.5. The van der Waals surface area contributed by atoms with Gasteiger partial charge in [-0.25, -0.2) is 19.3 Å². The average molecular weight is 443 g/mol. The number of halogens is 5. The van der Waals surface area contributed by atoms with Crippen LogP contribution in [0.25, 0.3) is 0 Å². The van der Waals surface area contributed by atoms with Crippen molar-refractivity contribution in [1.82, 2.24) is 15.0 Å². The Bertz CT molecular complexity index is 1030. The minimum atomic E-state index is -4.53. The molecular weight excluding hydrogens is 428 g/mol. The number of nitrogens with zero attached hydrogens (tertiary/aromatic N) is 3. The van der Waals surface area contributed by atoms with Crippen LogP contribution >= 0.6 is 11.6 Å². The molecule has 158 valence electrons. The number of pyridine rings is 1. The Morgan fingerprint density at radius 2 is 1.90 bits per heavy atom. The summed E-state index contributed by atoms with van der Waals surface area (Å²) >= 11 is 5.91. The molecule has 0 bridgehead atoms. The first-order chi connectivity index (χ1) is 14.3. The number of ether oxygens (including phenoxy) is 2. The molecule has 0 saturated carbocycles. The van der Waals surface area contributed by atoms with Gasteiger partial charge in [0.1, 0.15) is 17.9 Å². The van der Waals surface area contributed by atoms with Crippen LogP contribution in [-0.4, -0.2) is 28.6 Å². The van der Waals surface area contributed by atoms with Crippen LogP contribution in [0.5, 0.6) is 17.4 Å². The van der Waals surface area contributed by atoms with Gasteiger partial charge in [-0.3, -0.25) is 0 Å². The second kappa shape index (κ2) is 9.12. The lowest BCUT2D eigenvalue weighted by molar-refractivity contribution is -0.137. The van der Waals surface area contributed by atoms with E-state index in [4.69, 9.17) is 21.1 Å². The minimum Gasteiger partial charge on any atom is -0.490 e. The molecule has 0 atom stereocenters. The number of anilines is 1. The molecule has 0 saturated heterocycles. The number of rotatable bonds is 7. The van der Waals surface area contributed by atoms with E-state index in [0.29, 0.717) is 24.3 Å². The Morgan fingerprint density at radius 1 is 1.10 bits per heavy atom. The highest BCUT2D eigenvalue weighted by molar-refractivity contribution is 6.31. The molecule has 1 aromatic carbocycles. The number of hydrogen-bond donors (Lipinski definition) is 1. The van der Waals surface area contributed by atoms with Gasteiger partial charge in [-0.1, -0.05) is 17.7 Å².